The van der Waals surface area contributed by atoms with Crippen LogP contribution in [-0.2, 0) is 19.4 Å². The van der Waals surface area contributed by atoms with Crippen molar-refractivity contribution in [2.24, 2.45) is 0 Å². The van der Waals surface area contributed by atoms with E-state index in [9.17, 15) is 4.79 Å². The van der Waals surface area contributed by atoms with E-state index < -0.39 is 0 Å². The fraction of sp³-hybridized carbons (Fsp3) is 0.500. The third-order valence-corrected chi connectivity index (χ3v) is 6.58. The SMILES string of the molecule is COc1ccc(CN2CCN(CCCC(=O)c3ccc4c(c3)CCNCC4)CC2)cc1. The molecule has 1 N–H and O–H groups in total. The molecule has 2 aromatic rings. The molecule has 1 saturated heterocycles. The van der Waals surface area contributed by atoms with E-state index in [-0.39, 0.29) is 5.78 Å². The van der Waals surface area contributed by atoms with Crippen LogP contribution in [0.2, 0.25) is 0 Å². The maximum absolute atomic E-state index is 12.7. The van der Waals surface area contributed by atoms with Crippen LogP contribution in [0.1, 0.15) is 39.9 Å². The third-order valence-electron chi connectivity index (χ3n) is 6.58. The fourth-order valence-corrected chi connectivity index (χ4v) is 4.61. The maximum Gasteiger partial charge on any atom is 0.162 e. The summed E-state index contributed by atoms with van der Waals surface area (Å²) in [4.78, 5) is 17.7. The molecule has 31 heavy (non-hydrogen) atoms. The van der Waals surface area contributed by atoms with Crippen molar-refractivity contribution in [2.45, 2.75) is 32.2 Å². The number of carbonyl (C=O) groups excluding carboxylic acids is 1. The lowest BCUT2D eigenvalue weighted by Gasteiger charge is -2.34. The Labute approximate surface area is 186 Å². The van der Waals surface area contributed by atoms with Crippen LogP contribution in [0.15, 0.2) is 42.5 Å². The number of ketones is 1. The Morgan fingerprint density at radius 1 is 0.935 bits per heavy atom. The molecule has 5 heteroatoms. The lowest BCUT2D eigenvalue weighted by Crippen LogP contribution is -2.46. The Balaban J connectivity index is 1.18. The van der Waals surface area contributed by atoms with Crippen molar-refractivity contribution < 1.29 is 9.53 Å². The third kappa shape index (κ3) is 6.16. The van der Waals surface area contributed by atoms with Gasteiger partial charge in [-0.1, -0.05) is 24.3 Å². The topological polar surface area (TPSA) is 44.8 Å². The molecule has 2 aromatic carbocycles. The van der Waals surface area contributed by atoms with Crippen molar-refractivity contribution in [3.8, 4) is 5.75 Å². The molecule has 2 aliphatic rings. The number of fused-ring (bicyclic) bond motifs is 1. The van der Waals surface area contributed by atoms with E-state index in [0.29, 0.717) is 6.42 Å². The smallest absolute Gasteiger partial charge is 0.162 e. The largest absolute Gasteiger partial charge is 0.497 e. The highest BCUT2D eigenvalue weighted by Crippen LogP contribution is 2.18. The number of methoxy groups -OCH3 is 1. The highest BCUT2D eigenvalue weighted by atomic mass is 16.5. The number of ether oxygens (including phenoxy) is 1. The van der Waals surface area contributed by atoms with Gasteiger partial charge in [-0.15, -0.1) is 0 Å². The summed E-state index contributed by atoms with van der Waals surface area (Å²) in [5.74, 6) is 1.20. The zero-order valence-electron chi connectivity index (χ0n) is 18.7. The summed E-state index contributed by atoms with van der Waals surface area (Å²) >= 11 is 0. The van der Waals surface area contributed by atoms with Gasteiger partial charge in [0.15, 0.2) is 5.78 Å². The number of piperazine rings is 1. The van der Waals surface area contributed by atoms with Gasteiger partial charge in [-0.3, -0.25) is 9.69 Å². The summed E-state index contributed by atoms with van der Waals surface area (Å²) in [7, 11) is 1.70. The van der Waals surface area contributed by atoms with Gasteiger partial charge < -0.3 is 15.0 Å². The molecule has 0 radical (unpaired) electrons. The first-order chi connectivity index (χ1) is 15.2. The highest BCUT2D eigenvalue weighted by Gasteiger charge is 2.18. The normalized spacial score (nSPS) is 17.7. The molecule has 1 fully saturated rings. The van der Waals surface area contributed by atoms with E-state index in [4.69, 9.17) is 4.74 Å². The molecule has 0 spiro atoms. The second kappa shape index (κ2) is 10.9. The lowest BCUT2D eigenvalue weighted by molar-refractivity contribution is 0.0959. The number of nitrogens with one attached hydrogen (secondary N) is 1. The molecular formula is C26H35N3O2. The van der Waals surface area contributed by atoms with Gasteiger partial charge >= 0.3 is 0 Å². The molecule has 0 bridgehead atoms. The standard InChI is InChI=1S/C26H35N3O2/c1-31-25-8-4-21(5-9-25)20-29-17-15-28(16-18-29)14-2-3-26(30)24-7-6-22-10-12-27-13-11-23(22)19-24/h4-9,19,27H,2-3,10-18,20H2,1H3. The van der Waals surface area contributed by atoms with Gasteiger partial charge in [0, 0.05) is 44.7 Å². The average molecular weight is 422 g/mol. The molecule has 0 saturated carbocycles. The van der Waals surface area contributed by atoms with Crippen molar-refractivity contribution in [1.29, 1.82) is 0 Å². The highest BCUT2D eigenvalue weighted by molar-refractivity contribution is 5.96. The van der Waals surface area contributed by atoms with E-state index in [0.717, 1.165) is 82.9 Å². The van der Waals surface area contributed by atoms with Crippen molar-refractivity contribution in [1.82, 2.24) is 15.1 Å². The summed E-state index contributed by atoms with van der Waals surface area (Å²) < 4.78 is 5.24. The van der Waals surface area contributed by atoms with Gasteiger partial charge in [0.05, 0.1) is 7.11 Å². The molecule has 2 aliphatic heterocycles. The minimum Gasteiger partial charge on any atom is -0.497 e. The molecular weight excluding hydrogens is 386 g/mol. The molecule has 0 unspecified atom stereocenters. The number of nitrogens with zero attached hydrogens (tertiary/aromatic N) is 2. The fourth-order valence-electron chi connectivity index (χ4n) is 4.61. The molecule has 2 heterocycles. The maximum atomic E-state index is 12.7. The van der Waals surface area contributed by atoms with Crippen LogP contribution in [-0.4, -0.2) is 68.5 Å². The summed E-state index contributed by atoms with van der Waals surface area (Å²) in [6.45, 7) is 8.37. The Kier molecular flexibility index (Phi) is 7.73. The predicted molar refractivity (Wildman–Crippen MR) is 125 cm³/mol. The van der Waals surface area contributed by atoms with Crippen LogP contribution in [0.3, 0.4) is 0 Å². The quantitative estimate of drug-likeness (QED) is 0.664. The minimum absolute atomic E-state index is 0.290. The number of hydrogen-bond acceptors (Lipinski definition) is 5. The molecule has 166 valence electrons. The van der Waals surface area contributed by atoms with E-state index in [1.54, 1.807) is 7.11 Å². The van der Waals surface area contributed by atoms with E-state index in [1.165, 1.54) is 16.7 Å². The minimum atomic E-state index is 0.290. The number of Topliss-reactive ketones (excluding diaryl/α,β-unsaturated/α-hetero) is 1. The average Bonchev–Trinajstić information content (AvgIpc) is 3.05. The molecule has 0 aliphatic carbocycles. The second-order valence-corrected chi connectivity index (χ2v) is 8.73. The number of carbonyl (C=O) groups is 1. The molecule has 0 amide bonds. The van der Waals surface area contributed by atoms with Gasteiger partial charge in [-0.05, 0) is 73.8 Å². The summed E-state index contributed by atoms with van der Waals surface area (Å²) in [6, 6.07) is 14.7. The van der Waals surface area contributed by atoms with Crippen LogP contribution < -0.4 is 10.1 Å². The van der Waals surface area contributed by atoms with E-state index >= 15 is 0 Å². The summed E-state index contributed by atoms with van der Waals surface area (Å²) in [6.07, 6.45) is 3.67. The zero-order valence-corrected chi connectivity index (χ0v) is 18.7. The monoisotopic (exact) mass is 421 g/mol. The first-order valence-corrected chi connectivity index (χ1v) is 11.6. The predicted octanol–water partition coefficient (Wildman–Crippen LogP) is 3.16. The lowest BCUT2D eigenvalue weighted by atomic mass is 9.97. The summed E-state index contributed by atoms with van der Waals surface area (Å²) in [5, 5.41) is 3.44. The van der Waals surface area contributed by atoms with Gasteiger partial charge in [0.25, 0.3) is 0 Å². The summed E-state index contributed by atoms with van der Waals surface area (Å²) in [5.41, 5.74) is 4.97. The van der Waals surface area contributed by atoms with Crippen molar-refractivity contribution >= 4 is 5.78 Å². The van der Waals surface area contributed by atoms with Gasteiger partial charge in [-0.25, -0.2) is 0 Å². The molecule has 5 nitrogen and oxygen atoms in total. The molecule has 4 rings (SSSR count). The molecule has 0 atom stereocenters. The van der Waals surface area contributed by atoms with Crippen LogP contribution >= 0.6 is 0 Å². The number of hydrogen-bond donors (Lipinski definition) is 1. The second-order valence-electron chi connectivity index (χ2n) is 8.73. The first kappa shape index (κ1) is 22.0. The number of rotatable bonds is 8. The Morgan fingerprint density at radius 2 is 1.65 bits per heavy atom. The Hall–Kier alpha value is -2.21. The first-order valence-electron chi connectivity index (χ1n) is 11.6. The Bertz CT molecular complexity index is 857. The van der Waals surface area contributed by atoms with Crippen LogP contribution in [0.4, 0.5) is 0 Å². The van der Waals surface area contributed by atoms with Crippen molar-refractivity contribution in [2.75, 3.05) is 52.9 Å². The van der Waals surface area contributed by atoms with Gasteiger partial charge in [0.2, 0.25) is 0 Å². The zero-order chi connectivity index (χ0) is 21.5. The van der Waals surface area contributed by atoms with E-state index in [1.807, 2.05) is 18.2 Å². The number of benzene rings is 2. The van der Waals surface area contributed by atoms with E-state index in [2.05, 4.69) is 39.4 Å². The van der Waals surface area contributed by atoms with Crippen LogP contribution in [0.5, 0.6) is 5.75 Å². The van der Waals surface area contributed by atoms with Gasteiger partial charge in [0.1, 0.15) is 5.75 Å². The Morgan fingerprint density at radius 3 is 2.39 bits per heavy atom. The van der Waals surface area contributed by atoms with Crippen LogP contribution in [0.25, 0.3) is 0 Å². The van der Waals surface area contributed by atoms with Crippen molar-refractivity contribution in [3.63, 3.8) is 0 Å². The van der Waals surface area contributed by atoms with Crippen LogP contribution in [0, 0.1) is 0 Å². The van der Waals surface area contributed by atoms with Crippen molar-refractivity contribution in [3.05, 3.63) is 64.7 Å². The molecule has 0 aromatic heterocycles. The van der Waals surface area contributed by atoms with Gasteiger partial charge in [-0.2, -0.15) is 0 Å².